The molecule has 1 rings (SSSR count). The van der Waals surface area contributed by atoms with Gasteiger partial charge in [-0.3, -0.25) is 4.79 Å². The van der Waals surface area contributed by atoms with Crippen molar-refractivity contribution >= 4 is 16.2 Å². The topological polar surface area (TPSA) is 95.5 Å². The summed E-state index contributed by atoms with van der Waals surface area (Å²) in [5, 5.41) is 9.33. The Morgan fingerprint density at radius 3 is 2.05 bits per heavy atom. The fraction of sp³-hybridized carbons (Fsp3) is 0.909. The fourth-order valence-corrected chi connectivity index (χ4v) is 3.25. The van der Waals surface area contributed by atoms with Gasteiger partial charge in [-0.25, -0.2) is 4.72 Å². The van der Waals surface area contributed by atoms with Crippen molar-refractivity contribution in [2.24, 2.45) is 5.41 Å². The average Bonchev–Trinajstić information content (AvgIpc) is 2.60. The van der Waals surface area contributed by atoms with E-state index < -0.39 is 40.9 Å². The molecule has 6 nitrogen and oxygen atoms in total. The van der Waals surface area contributed by atoms with Crippen LogP contribution in [0.4, 0.5) is 13.2 Å². The molecule has 0 atom stereocenters. The maximum absolute atomic E-state index is 12.0. The molecule has 0 radical (unpaired) electrons. The van der Waals surface area contributed by atoms with Crippen molar-refractivity contribution in [2.45, 2.75) is 44.7 Å². The number of hydrogen-bond donors (Lipinski definition) is 3. The summed E-state index contributed by atoms with van der Waals surface area (Å²) in [5.74, 6) is -1.12. The van der Waals surface area contributed by atoms with Crippen LogP contribution in [0.5, 0.6) is 0 Å². The SMILES string of the molecule is O=C(O)C1(CNS(=O)(=O)NCC(F)(F)F)CCCCCC1. The van der Waals surface area contributed by atoms with Crippen LogP contribution in [0.25, 0.3) is 0 Å². The van der Waals surface area contributed by atoms with Gasteiger partial charge in [-0.1, -0.05) is 25.7 Å². The summed E-state index contributed by atoms with van der Waals surface area (Å²) in [6.45, 7) is -2.10. The van der Waals surface area contributed by atoms with E-state index in [1.54, 1.807) is 0 Å². The lowest BCUT2D eigenvalue weighted by Gasteiger charge is -2.28. The van der Waals surface area contributed by atoms with Crippen LogP contribution in [0.3, 0.4) is 0 Å². The third-order valence-corrected chi connectivity index (χ3v) is 4.63. The normalized spacial score (nSPS) is 20.0. The minimum atomic E-state index is -4.67. The molecule has 10 heteroatoms. The summed E-state index contributed by atoms with van der Waals surface area (Å²) in [6.07, 6.45) is -0.994. The van der Waals surface area contributed by atoms with Crippen LogP contribution in [0.2, 0.25) is 0 Å². The first kappa shape index (κ1) is 18.2. The lowest BCUT2D eigenvalue weighted by atomic mass is 9.80. The smallest absolute Gasteiger partial charge is 0.402 e. The number of rotatable bonds is 6. The molecular weight excluding hydrogens is 313 g/mol. The molecule has 0 heterocycles. The van der Waals surface area contributed by atoms with E-state index in [0.717, 1.165) is 12.8 Å². The number of nitrogens with one attached hydrogen (secondary N) is 2. The third-order valence-electron chi connectivity index (χ3n) is 3.58. The van der Waals surface area contributed by atoms with E-state index in [1.165, 1.54) is 4.72 Å². The number of carbonyl (C=O) groups is 1. The highest BCUT2D eigenvalue weighted by molar-refractivity contribution is 7.87. The van der Waals surface area contributed by atoms with Crippen molar-refractivity contribution in [2.75, 3.05) is 13.1 Å². The van der Waals surface area contributed by atoms with Crippen LogP contribution < -0.4 is 9.44 Å². The summed E-state index contributed by atoms with van der Waals surface area (Å²) in [6, 6.07) is 0. The van der Waals surface area contributed by atoms with Gasteiger partial charge in [-0.15, -0.1) is 0 Å². The van der Waals surface area contributed by atoms with Crippen LogP contribution >= 0.6 is 0 Å². The Hall–Kier alpha value is -0.870. The maximum atomic E-state index is 12.0. The van der Waals surface area contributed by atoms with Crippen molar-refractivity contribution in [3.05, 3.63) is 0 Å². The maximum Gasteiger partial charge on any atom is 0.402 e. The van der Waals surface area contributed by atoms with Gasteiger partial charge in [0, 0.05) is 6.54 Å². The molecule has 3 N–H and O–H groups in total. The lowest BCUT2D eigenvalue weighted by molar-refractivity contribution is -0.149. The fourth-order valence-electron chi connectivity index (χ4n) is 2.33. The molecule has 0 aromatic carbocycles. The molecule has 1 fully saturated rings. The first-order valence-electron chi connectivity index (χ1n) is 6.61. The summed E-state index contributed by atoms with van der Waals surface area (Å²) in [7, 11) is -4.38. The molecular formula is C11H19F3N2O4S. The minimum absolute atomic E-state index is 0.310. The zero-order valence-corrected chi connectivity index (χ0v) is 12.2. The van der Waals surface area contributed by atoms with Gasteiger partial charge in [0.1, 0.15) is 6.54 Å². The molecule has 0 unspecified atom stereocenters. The molecule has 1 aliphatic carbocycles. The predicted molar refractivity (Wildman–Crippen MR) is 68.8 cm³/mol. The third kappa shape index (κ3) is 6.18. The molecule has 0 spiro atoms. The van der Waals surface area contributed by atoms with Gasteiger partial charge in [0.2, 0.25) is 0 Å². The van der Waals surface area contributed by atoms with Crippen LogP contribution in [0, 0.1) is 5.41 Å². The highest BCUT2D eigenvalue weighted by Gasteiger charge is 2.39. The second-order valence-electron chi connectivity index (χ2n) is 5.26. The predicted octanol–water partition coefficient (Wildman–Crippen LogP) is 1.40. The van der Waals surface area contributed by atoms with Gasteiger partial charge in [0.15, 0.2) is 0 Å². The molecule has 0 aliphatic heterocycles. The van der Waals surface area contributed by atoms with Crippen molar-refractivity contribution in [3.63, 3.8) is 0 Å². The van der Waals surface area contributed by atoms with Gasteiger partial charge < -0.3 is 5.11 Å². The van der Waals surface area contributed by atoms with E-state index in [0.29, 0.717) is 25.7 Å². The highest BCUT2D eigenvalue weighted by Crippen LogP contribution is 2.35. The van der Waals surface area contributed by atoms with Crippen molar-refractivity contribution in [3.8, 4) is 0 Å². The van der Waals surface area contributed by atoms with E-state index in [4.69, 9.17) is 0 Å². The van der Waals surface area contributed by atoms with Gasteiger partial charge in [-0.2, -0.15) is 26.3 Å². The van der Waals surface area contributed by atoms with Crippen LogP contribution in [0.15, 0.2) is 0 Å². The van der Waals surface area contributed by atoms with E-state index >= 15 is 0 Å². The number of halogens is 3. The van der Waals surface area contributed by atoms with Crippen molar-refractivity contribution in [1.82, 2.24) is 9.44 Å². The zero-order chi connectivity index (χ0) is 16.1. The van der Waals surface area contributed by atoms with Gasteiger partial charge in [-0.05, 0) is 12.8 Å². The second-order valence-corrected chi connectivity index (χ2v) is 6.84. The van der Waals surface area contributed by atoms with E-state index in [-0.39, 0.29) is 0 Å². The van der Waals surface area contributed by atoms with E-state index in [2.05, 4.69) is 0 Å². The highest BCUT2D eigenvalue weighted by atomic mass is 32.2. The average molecular weight is 332 g/mol. The number of carboxylic acids is 1. The van der Waals surface area contributed by atoms with Crippen LogP contribution in [-0.4, -0.2) is 38.8 Å². The quantitative estimate of drug-likeness (QED) is 0.641. The summed E-state index contributed by atoms with van der Waals surface area (Å²) >= 11 is 0. The molecule has 124 valence electrons. The Kier molecular flexibility index (Phi) is 6.00. The van der Waals surface area contributed by atoms with Crippen molar-refractivity contribution in [1.29, 1.82) is 0 Å². The molecule has 1 aliphatic rings. The minimum Gasteiger partial charge on any atom is -0.481 e. The van der Waals surface area contributed by atoms with Gasteiger partial charge in [0.25, 0.3) is 10.2 Å². The molecule has 0 amide bonds. The Bertz CT molecular complexity index is 457. The summed E-state index contributed by atoms with van der Waals surface area (Å²) in [4.78, 5) is 11.4. The Labute approximate surface area is 121 Å². The summed E-state index contributed by atoms with van der Waals surface area (Å²) < 4.78 is 62.2. The molecule has 0 aromatic heterocycles. The molecule has 0 saturated heterocycles. The largest absolute Gasteiger partial charge is 0.481 e. The van der Waals surface area contributed by atoms with Gasteiger partial charge >= 0.3 is 12.1 Å². The molecule has 21 heavy (non-hydrogen) atoms. The number of carboxylic acid groups (broad SMARTS) is 1. The first-order chi connectivity index (χ1) is 9.56. The van der Waals surface area contributed by atoms with Crippen LogP contribution in [-0.2, 0) is 15.0 Å². The van der Waals surface area contributed by atoms with E-state index in [9.17, 15) is 31.5 Å². The molecule has 0 aromatic rings. The number of hydrogen-bond acceptors (Lipinski definition) is 3. The zero-order valence-electron chi connectivity index (χ0n) is 11.4. The lowest BCUT2D eigenvalue weighted by Crippen LogP contribution is -2.48. The number of alkyl halides is 3. The standard InChI is InChI=1S/C11H19F3N2O4S/c12-11(13,14)8-16-21(19,20)15-7-10(9(17)18)5-3-1-2-4-6-10/h15-16H,1-8H2,(H,17,18). The first-order valence-corrected chi connectivity index (χ1v) is 8.09. The van der Waals surface area contributed by atoms with Gasteiger partial charge in [0.05, 0.1) is 5.41 Å². The van der Waals surface area contributed by atoms with E-state index in [1.807, 2.05) is 4.72 Å². The Balaban J connectivity index is 2.66. The molecule has 0 bridgehead atoms. The van der Waals surface area contributed by atoms with Crippen LogP contribution in [0.1, 0.15) is 38.5 Å². The Morgan fingerprint density at radius 2 is 1.62 bits per heavy atom. The molecule has 1 saturated carbocycles. The Morgan fingerprint density at radius 1 is 1.10 bits per heavy atom. The summed E-state index contributed by atoms with van der Waals surface area (Å²) in [5.41, 5.74) is -1.25. The second kappa shape index (κ2) is 6.93. The number of aliphatic carboxylic acids is 1. The monoisotopic (exact) mass is 332 g/mol. The van der Waals surface area contributed by atoms with Crippen molar-refractivity contribution < 1.29 is 31.5 Å².